The Bertz CT molecular complexity index is 1830. The normalized spacial score (nSPS) is 10.9. The van der Waals surface area contributed by atoms with Gasteiger partial charge in [-0.2, -0.15) is 0 Å². The van der Waals surface area contributed by atoms with Gasteiger partial charge in [-0.05, 0) is 71.0 Å². The summed E-state index contributed by atoms with van der Waals surface area (Å²) in [6, 6.07) is 22.3. The lowest BCUT2D eigenvalue weighted by Crippen LogP contribution is -2.08. The van der Waals surface area contributed by atoms with Gasteiger partial charge in [-0.1, -0.05) is 6.07 Å². The van der Waals surface area contributed by atoms with E-state index in [1.54, 1.807) is 96.7 Å². The molecule has 0 atom stereocenters. The molecule has 0 radical (unpaired) electrons. The summed E-state index contributed by atoms with van der Waals surface area (Å²) >= 11 is 0. The molecule has 3 aromatic carbocycles. The zero-order chi connectivity index (χ0) is 27.6. The molecule has 0 aliphatic carbocycles. The van der Waals surface area contributed by atoms with Crippen molar-refractivity contribution in [3.63, 3.8) is 0 Å². The zero-order valence-electron chi connectivity index (χ0n) is 21.0. The first-order chi connectivity index (χ1) is 19.5. The van der Waals surface area contributed by atoms with Crippen LogP contribution in [0.4, 0.5) is 11.5 Å². The maximum Gasteiger partial charge on any atom is 0.343 e. The monoisotopic (exact) mass is 535 g/mol. The Labute approximate surface area is 226 Å². The second kappa shape index (κ2) is 10.1. The van der Waals surface area contributed by atoms with E-state index >= 15 is 0 Å². The van der Waals surface area contributed by atoms with E-state index in [9.17, 15) is 4.79 Å². The van der Waals surface area contributed by atoms with Crippen molar-refractivity contribution >= 4 is 28.5 Å². The number of nitrogens with two attached hydrogens (primary N) is 2. The number of ether oxygens (including phenoxy) is 3. The number of fused-ring (bicyclic) bond motifs is 1. The van der Waals surface area contributed by atoms with Crippen LogP contribution in [0.25, 0.3) is 28.2 Å². The highest BCUT2D eigenvalue weighted by Gasteiger charge is 2.21. The van der Waals surface area contributed by atoms with Gasteiger partial charge in [0.2, 0.25) is 5.88 Å². The molecule has 3 heterocycles. The van der Waals surface area contributed by atoms with Crippen LogP contribution in [0.15, 0.2) is 89.7 Å². The molecule has 0 amide bonds. The average Bonchev–Trinajstić information content (AvgIpc) is 3.56. The summed E-state index contributed by atoms with van der Waals surface area (Å²) in [4.78, 5) is 21.7. The molecule has 0 aliphatic heterocycles. The lowest BCUT2D eigenvalue weighted by atomic mass is 10.2. The van der Waals surface area contributed by atoms with E-state index < -0.39 is 5.97 Å². The van der Waals surface area contributed by atoms with Gasteiger partial charge >= 0.3 is 5.97 Å². The number of nitrogen functional groups attached to an aromatic ring is 2. The van der Waals surface area contributed by atoms with Crippen molar-refractivity contribution in [3.8, 4) is 40.3 Å². The fourth-order valence-electron chi connectivity index (χ4n) is 4.04. The number of carbonyl (C=O) groups excluding carboxylic acids is 1. The number of methoxy groups -OCH3 is 1. The van der Waals surface area contributed by atoms with E-state index in [0.717, 1.165) is 0 Å². The van der Waals surface area contributed by atoms with Crippen LogP contribution in [0, 0.1) is 0 Å². The average molecular weight is 536 g/mol. The lowest BCUT2D eigenvalue weighted by Gasteiger charge is -2.11. The van der Waals surface area contributed by atoms with Crippen LogP contribution in [0.2, 0.25) is 0 Å². The molecule has 198 valence electrons. The van der Waals surface area contributed by atoms with Crippen LogP contribution in [-0.2, 0) is 0 Å². The number of esters is 1. The Hall–Kier alpha value is -5.91. The van der Waals surface area contributed by atoms with Gasteiger partial charge in [-0.25, -0.2) is 19.4 Å². The predicted octanol–water partition coefficient (Wildman–Crippen LogP) is 4.66. The topological polar surface area (TPSA) is 166 Å². The number of aromatic nitrogens is 5. The Morgan fingerprint density at radius 2 is 1.68 bits per heavy atom. The summed E-state index contributed by atoms with van der Waals surface area (Å²) in [6.45, 7) is 0. The molecule has 0 spiro atoms. The van der Waals surface area contributed by atoms with Crippen LogP contribution in [-0.4, -0.2) is 37.9 Å². The third-order valence-electron chi connectivity index (χ3n) is 5.95. The van der Waals surface area contributed by atoms with Crippen LogP contribution < -0.4 is 25.7 Å². The molecule has 0 bridgehead atoms. The van der Waals surface area contributed by atoms with Gasteiger partial charge in [-0.15, -0.1) is 0 Å². The molecule has 12 nitrogen and oxygen atoms in total. The van der Waals surface area contributed by atoms with Crippen molar-refractivity contribution in [1.82, 2.24) is 24.8 Å². The first-order valence-corrected chi connectivity index (χ1v) is 12.0. The van der Waals surface area contributed by atoms with E-state index in [1.807, 2.05) is 0 Å². The maximum atomic E-state index is 12.6. The summed E-state index contributed by atoms with van der Waals surface area (Å²) in [7, 11) is 1.56. The molecule has 4 N–H and O–H groups in total. The van der Waals surface area contributed by atoms with Crippen molar-refractivity contribution in [3.05, 3.63) is 90.6 Å². The minimum absolute atomic E-state index is 0.0748. The molecule has 3 aromatic heterocycles. The number of hydrogen-bond donors (Lipinski definition) is 2. The van der Waals surface area contributed by atoms with Gasteiger partial charge in [0.15, 0.2) is 17.3 Å². The lowest BCUT2D eigenvalue weighted by molar-refractivity contribution is 0.0734. The van der Waals surface area contributed by atoms with Crippen molar-refractivity contribution in [2.45, 2.75) is 0 Å². The highest BCUT2D eigenvalue weighted by Crippen LogP contribution is 2.33. The number of imidazole rings is 1. The minimum atomic E-state index is -0.500. The number of hydrogen-bond acceptors (Lipinski definition) is 11. The SMILES string of the molecule is COc1ccc(C(=O)Oc2ccc(-n3c(-c4nonc4N)nc4cnc(Oc5cccc(N)c5)cc43)cc2)cc1. The Morgan fingerprint density at radius 1 is 0.900 bits per heavy atom. The fraction of sp³-hybridized carbons (Fsp3) is 0.0357. The number of rotatable bonds is 7. The third kappa shape index (κ3) is 4.72. The van der Waals surface area contributed by atoms with E-state index in [0.29, 0.717) is 56.9 Å². The van der Waals surface area contributed by atoms with Crippen molar-refractivity contribution in [2.24, 2.45) is 0 Å². The van der Waals surface area contributed by atoms with Gasteiger partial charge in [-0.3, -0.25) is 4.57 Å². The van der Waals surface area contributed by atoms with E-state index in [1.165, 1.54) is 0 Å². The number of anilines is 2. The highest BCUT2D eigenvalue weighted by molar-refractivity contribution is 5.91. The van der Waals surface area contributed by atoms with Gasteiger partial charge in [0, 0.05) is 23.5 Å². The Balaban J connectivity index is 1.36. The van der Waals surface area contributed by atoms with Gasteiger partial charge in [0.25, 0.3) is 0 Å². The number of pyridine rings is 1. The summed E-state index contributed by atoms with van der Waals surface area (Å²) in [5.41, 5.74) is 15.0. The number of carbonyl (C=O) groups is 1. The second-order valence-corrected chi connectivity index (χ2v) is 8.57. The van der Waals surface area contributed by atoms with E-state index in [2.05, 4.69) is 20.3 Å². The van der Waals surface area contributed by atoms with Gasteiger partial charge < -0.3 is 25.7 Å². The van der Waals surface area contributed by atoms with Crippen LogP contribution in [0.5, 0.6) is 23.1 Å². The molecule has 6 rings (SSSR count). The molecule has 0 saturated carbocycles. The first-order valence-electron chi connectivity index (χ1n) is 12.0. The summed E-state index contributed by atoms with van der Waals surface area (Å²) < 4.78 is 23.2. The molecule has 12 heteroatoms. The maximum absolute atomic E-state index is 12.6. The molecule has 0 aliphatic rings. The largest absolute Gasteiger partial charge is 0.497 e. The van der Waals surface area contributed by atoms with Crippen molar-refractivity contribution in [2.75, 3.05) is 18.6 Å². The minimum Gasteiger partial charge on any atom is -0.497 e. The van der Waals surface area contributed by atoms with Crippen LogP contribution >= 0.6 is 0 Å². The molecule has 0 saturated heterocycles. The molecular weight excluding hydrogens is 514 g/mol. The predicted molar refractivity (Wildman–Crippen MR) is 145 cm³/mol. The second-order valence-electron chi connectivity index (χ2n) is 8.57. The van der Waals surface area contributed by atoms with Crippen LogP contribution in [0.3, 0.4) is 0 Å². The quantitative estimate of drug-likeness (QED) is 0.166. The summed E-state index contributed by atoms with van der Waals surface area (Å²) in [5.74, 6) is 1.80. The molecule has 0 unspecified atom stereocenters. The summed E-state index contributed by atoms with van der Waals surface area (Å²) in [5, 5.41) is 7.62. The molecule has 6 aromatic rings. The third-order valence-corrected chi connectivity index (χ3v) is 5.95. The molecule has 0 fully saturated rings. The van der Waals surface area contributed by atoms with Crippen molar-refractivity contribution in [1.29, 1.82) is 0 Å². The van der Waals surface area contributed by atoms with Crippen molar-refractivity contribution < 1.29 is 23.6 Å². The Morgan fingerprint density at radius 3 is 2.38 bits per heavy atom. The number of nitrogens with zero attached hydrogens (tertiary/aromatic N) is 5. The van der Waals surface area contributed by atoms with Crippen LogP contribution in [0.1, 0.15) is 10.4 Å². The Kier molecular flexibility index (Phi) is 6.17. The van der Waals surface area contributed by atoms with E-state index in [4.69, 9.17) is 30.3 Å². The standard InChI is InChI=1S/C28H21N7O5/c1-37-19-9-5-16(6-10-19)28(36)39-20-11-7-18(8-12-20)35-23-14-24(38-21-4-2-3-17(29)13-21)31-15-22(23)32-27(35)25-26(30)34-40-33-25/h2-15H,29H2,1H3,(H2,30,34). The van der Waals surface area contributed by atoms with Gasteiger partial charge in [0.1, 0.15) is 22.8 Å². The summed E-state index contributed by atoms with van der Waals surface area (Å²) in [6.07, 6.45) is 1.58. The van der Waals surface area contributed by atoms with E-state index in [-0.39, 0.29) is 11.5 Å². The zero-order valence-corrected chi connectivity index (χ0v) is 21.0. The highest BCUT2D eigenvalue weighted by atomic mass is 16.6. The van der Waals surface area contributed by atoms with Gasteiger partial charge in [0.05, 0.1) is 24.4 Å². The first kappa shape index (κ1) is 24.4. The molecular formula is C28H21N7O5. The number of benzene rings is 3. The smallest absolute Gasteiger partial charge is 0.343 e. The molecule has 40 heavy (non-hydrogen) atoms. The fourth-order valence-corrected chi connectivity index (χ4v) is 4.04.